The monoisotopic (exact) mass is 307 g/mol. The van der Waals surface area contributed by atoms with Crippen LogP contribution < -0.4 is 10.1 Å². The second-order valence-electron chi connectivity index (χ2n) is 6.58. The Labute approximate surface area is 133 Å². The molecule has 0 saturated carbocycles. The van der Waals surface area contributed by atoms with E-state index in [1.807, 2.05) is 12.1 Å². The van der Waals surface area contributed by atoms with E-state index in [9.17, 15) is 5.11 Å². The van der Waals surface area contributed by atoms with Crippen molar-refractivity contribution in [3.8, 4) is 5.75 Å². The Kier molecular flexibility index (Phi) is 5.84. The van der Waals surface area contributed by atoms with Gasteiger partial charge in [0.25, 0.3) is 0 Å². The highest BCUT2D eigenvalue weighted by Gasteiger charge is 2.40. The molecule has 1 aliphatic rings. The van der Waals surface area contributed by atoms with Crippen LogP contribution in [0.25, 0.3) is 0 Å². The summed E-state index contributed by atoms with van der Waals surface area (Å²) in [5.41, 5.74) is 0.442. The maximum absolute atomic E-state index is 10.8. The molecule has 1 aromatic carbocycles. The fraction of sp³-hybridized carbons (Fsp3) is 0.667. The Bertz CT molecular complexity index is 462. The highest BCUT2D eigenvalue weighted by molar-refractivity contribution is 5.26. The molecule has 2 atom stereocenters. The number of methoxy groups -OCH3 is 1. The van der Waals surface area contributed by atoms with Gasteiger partial charge in [-0.3, -0.25) is 0 Å². The van der Waals surface area contributed by atoms with Gasteiger partial charge >= 0.3 is 0 Å². The molecule has 0 aliphatic carbocycles. The van der Waals surface area contributed by atoms with Gasteiger partial charge in [-0.05, 0) is 50.4 Å². The van der Waals surface area contributed by atoms with Crippen LogP contribution in [0.4, 0.5) is 0 Å². The van der Waals surface area contributed by atoms with E-state index < -0.39 is 5.60 Å². The fourth-order valence-corrected chi connectivity index (χ4v) is 3.06. The maximum Gasteiger partial charge on any atom is 0.118 e. The van der Waals surface area contributed by atoms with E-state index in [-0.39, 0.29) is 5.60 Å². The lowest BCUT2D eigenvalue weighted by Gasteiger charge is -2.43. The van der Waals surface area contributed by atoms with Gasteiger partial charge in [-0.15, -0.1) is 0 Å². The van der Waals surface area contributed by atoms with Gasteiger partial charge in [-0.25, -0.2) is 0 Å². The highest BCUT2D eigenvalue weighted by Crippen LogP contribution is 2.36. The molecule has 22 heavy (non-hydrogen) atoms. The smallest absolute Gasteiger partial charge is 0.118 e. The summed E-state index contributed by atoms with van der Waals surface area (Å²) in [4.78, 5) is 0. The maximum atomic E-state index is 10.8. The van der Waals surface area contributed by atoms with Crippen molar-refractivity contribution in [3.63, 3.8) is 0 Å². The normalized spacial score (nSPS) is 28.5. The minimum Gasteiger partial charge on any atom is -0.497 e. The van der Waals surface area contributed by atoms with Gasteiger partial charge in [0.2, 0.25) is 0 Å². The quantitative estimate of drug-likeness (QED) is 0.761. The number of aliphatic hydroxyl groups is 1. The second-order valence-corrected chi connectivity index (χ2v) is 6.58. The van der Waals surface area contributed by atoms with Gasteiger partial charge in [-0.2, -0.15) is 0 Å². The van der Waals surface area contributed by atoms with Crippen molar-refractivity contribution in [1.82, 2.24) is 5.32 Å². The summed E-state index contributed by atoms with van der Waals surface area (Å²) in [5, 5.41) is 14.2. The van der Waals surface area contributed by atoms with E-state index in [4.69, 9.17) is 9.47 Å². The molecule has 4 heteroatoms. The lowest BCUT2D eigenvalue weighted by molar-refractivity contribution is -0.155. The van der Waals surface area contributed by atoms with Crippen molar-refractivity contribution in [2.75, 3.05) is 20.3 Å². The van der Waals surface area contributed by atoms with Crippen molar-refractivity contribution in [2.45, 2.75) is 57.3 Å². The predicted molar refractivity (Wildman–Crippen MR) is 88.1 cm³/mol. The summed E-state index contributed by atoms with van der Waals surface area (Å²) in [5.74, 6) is 0.874. The standard InChI is InChI=1S/C18H29NO3/c1-4-17(2)14-18(20,10-12-22-17)9-11-19-13-15-5-7-16(21-3)8-6-15/h5-8,19-20H,4,9-14H2,1-3H3/t17-,18-/m1/s1. The molecule has 1 heterocycles. The van der Waals surface area contributed by atoms with Crippen molar-refractivity contribution >= 4 is 0 Å². The molecule has 4 nitrogen and oxygen atoms in total. The van der Waals surface area contributed by atoms with Gasteiger partial charge in [0, 0.05) is 13.0 Å². The average Bonchev–Trinajstić information content (AvgIpc) is 2.52. The number of nitrogens with one attached hydrogen (secondary N) is 1. The summed E-state index contributed by atoms with van der Waals surface area (Å²) in [6.45, 7) is 6.48. The zero-order valence-corrected chi connectivity index (χ0v) is 14.0. The van der Waals surface area contributed by atoms with Crippen LogP contribution in [0.1, 0.15) is 45.1 Å². The Morgan fingerprint density at radius 3 is 2.68 bits per heavy atom. The molecule has 0 aromatic heterocycles. The van der Waals surface area contributed by atoms with E-state index in [0.29, 0.717) is 6.61 Å². The van der Waals surface area contributed by atoms with Crippen molar-refractivity contribution in [1.29, 1.82) is 0 Å². The van der Waals surface area contributed by atoms with Crippen LogP contribution in [0.15, 0.2) is 24.3 Å². The molecule has 124 valence electrons. The first-order chi connectivity index (χ1) is 10.5. The van der Waals surface area contributed by atoms with Crippen molar-refractivity contribution < 1.29 is 14.6 Å². The van der Waals surface area contributed by atoms with Crippen molar-refractivity contribution in [2.24, 2.45) is 0 Å². The van der Waals surface area contributed by atoms with Gasteiger partial charge in [0.1, 0.15) is 5.75 Å². The van der Waals surface area contributed by atoms with Crippen LogP contribution in [0.3, 0.4) is 0 Å². The van der Waals surface area contributed by atoms with Crippen LogP contribution in [0.5, 0.6) is 5.75 Å². The van der Waals surface area contributed by atoms with E-state index in [2.05, 4.69) is 31.3 Å². The molecule has 1 fully saturated rings. The molecular weight excluding hydrogens is 278 g/mol. The first-order valence-electron chi connectivity index (χ1n) is 8.19. The number of ether oxygens (including phenoxy) is 2. The lowest BCUT2D eigenvalue weighted by Crippen LogP contribution is -2.48. The highest BCUT2D eigenvalue weighted by atomic mass is 16.5. The first kappa shape index (κ1) is 17.3. The lowest BCUT2D eigenvalue weighted by atomic mass is 9.80. The van der Waals surface area contributed by atoms with Crippen LogP contribution >= 0.6 is 0 Å². The Morgan fingerprint density at radius 2 is 2.05 bits per heavy atom. The van der Waals surface area contributed by atoms with Crippen LogP contribution in [-0.2, 0) is 11.3 Å². The van der Waals surface area contributed by atoms with Crippen molar-refractivity contribution in [3.05, 3.63) is 29.8 Å². The van der Waals surface area contributed by atoms with Gasteiger partial charge in [0.15, 0.2) is 0 Å². The number of hydrogen-bond acceptors (Lipinski definition) is 4. The SMILES string of the molecule is CC[C@]1(C)C[C@@](O)(CCNCc2ccc(OC)cc2)CCO1. The zero-order valence-electron chi connectivity index (χ0n) is 14.0. The average molecular weight is 307 g/mol. The largest absolute Gasteiger partial charge is 0.497 e. The first-order valence-corrected chi connectivity index (χ1v) is 8.19. The van der Waals surface area contributed by atoms with Gasteiger partial charge in [-0.1, -0.05) is 19.1 Å². The van der Waals surface area contributed by atoms with Gasteiger partial charge in [0.05, 0.1) is 24.9 Å². The molecule has 1 aliphatic heterocycles. The molecular formula is C18H29NO3. The number of benzene rings is 1. The predicted octanol–water partition coefficient (Wildman–Crippen LogP) is 2.89. The summed E-state index contributed by atoms with van der Waals surface area (Å²) < 4.78 is 11.0. The van der Waals surface area contributed by atoms with E-state index in [0.717, 1.165) is 44.5 Å². The third-order valence-corrected chi connectivity index (χ3v) is 4.72. The summed E-state index contributed by atoms with van der Waals surface area (Å²) in [6, 6.07) is 8.05. The molecule has 0 radical (unpaired) electrons. The molecule has 0 spiro atoms. The molecule has 0 bridgehead atoms. The minimum atomic E-state index is -0.601. The Morgan fingerprint density at radius 1 is 1.32 bits per heavy atom. The molecule has 2 N–H and O–H groups in total. The topological polar surface area (TPSA) is 50.7 Å². The molecule has 0 amide bonds. The summed E-state index contributed by atoms with van der Waals surface area (Å²) >= 11 is 0. The zero-order chi connectivity index (χ0) is 16.1. The summed E-state index contributed by atoms with van der Waals surface area (Å²) in [7, 11) is 1.67. The van der Waals surface area contributed by atoms with Crippen LogP contribution in [-0.4, -0.2) is 36.6 Å². The fourth-order valence-electron chi connectivity index (χ4n) is 3.06. The van der Waals surface area contributed by atoms with Crippen LogP contribution in [0, 0.1) is 0 Å². The third kappa shape index (κ3) is 4.70. The summed E-state index contributed by atoms with van der Waals surface area (Å²) in [6.07, 6.45) is 3.16. The second kappa shape index (κ2) is 7.44. The molecule has 2 rings (SSSR count). The molecule has 0 unspecified atom stereocenters. The minimum absolute atomic E-state index is 0.178. The molecule has 1 saturated heterocycles. The Balaban J connectivity index is 1.75. The van der Waals surface area contributed by atoms with E-state index >= 15 is 0 Å². The van der Waals surface area contributed by atoms with Gasteiger partial charge < -0.3 is 19.9 Å². The third-order valence-electron chi connectivity index (χ3n) is 4.72. The Hall–Kier alpha value is -1.10. The number of rotatable bonds is 7. The van der Waals surface area contributed by atoms with E-state index in [1.54, 1.807) is 7.11 Å². The number of hydrogen-bond donors (Lipinski definition) is 2. The molecule has 1 aromatic rings. The van der Waals surface area contributed by atoms with E-state index in [1.165, 1.54) is 5.56 Å². The van der Waals surface area contributed by atoms with Crippen LogP contribution in [0.2, 0.25) is 0 Å².